The molecule has 2 rings (SSSR count). The number of nitrogens with one attached hydrogen (secondary N) is 1. The summed E-state index contributed by atoms with van der Waals surface area (Å²) in [7, 11) is 3.17. The van der Waals surface area contributed by atoms with Crippen LogP contribution in [0.2, 0.25) is 0 Å². The largest absolute Gasteiger partial charge is 0.497 e. The zero-order valence-corrected chi connectivity index (χ0v) is 10.9. The highest BCUT2D eigenvalue weighted by atomic mass is 16.5. The summed E-state index contributed by atoms with van der Waals surface area (Å²) in [5, 5.41) is 3.26. The van der Waals surface area contributed by atoms with Gasteiger partial charge in [0.15, 0.2) is 5.78 Å². The van der Waals surface area contributed by atoms with Gasteiger partial charge in [-0.15, -0.1) is 0 Å². The highest BCUT2D eigenvalue weighted by Crippen LogP contribution is 2.24. The predicted molar refractivity (Wildman–Crippen MR) is 69.5 cm³/mol. The van der Waals surface area contributed by atoms with Gasteiger partial charge < -0.3 is 14.8 Å². The number of carbonyl (C=O) groups excluding carboxylic acids is 1. The number of carbonyl (C=O) groups is 1. The van der Waals surface area contributed by atoms with Gasteiger partial charge in [-0.05, 0) is 31.5 Å². The van der Waals surface area contributed by atoms with Crippen molar-refractivity contribution in [1.29, 1.82) is 0 Å². The summed E-state index contributed by atoms with van der Waals surface area (Å²) in [6.07, 6.45) is 3.15. The molecule has 18 heavy (non-hydrogen) atoms. The van der Waals surface area contributed by atoms with Crippen LogP contribution in [-0.2, 0) is 0 Å². The van der Waals surface area contributed by atoms with Gasteiger partial charge in [-0.25, -0.2) is 0 Å². The molecule has 0 aliphatic carbocycles. The molecule has 0 spiro atoms. The molecule has 1 N–H and O–H groups in total. The number of Topliss-reactive ketones (excluding diaryl/α,β-unsaturated/α-hetero) is 1. The maximum absolute atomic E-state index is 12.4. The summed E-state index contributed by atoms with van der Waals surface area (Å²) in [6, 6.07) is 5.23. The average Bonchev–Trinajstić information content (AvgIpc) is 2.46. The van der Waals surface area contributed by atoms with Gasteiger partial charge in [-0.2, -0.15) is 0 Å². The molecule has 98 valence electrons. The van der Waals surface area contributed by atoms with E-state index in [-0.39, 0.29) is 11.8 Å². The Morgan fingerprint density at radius 1 is 1.17 bits per heavy atom. The molecule has 1 heterocycles. The van der Waals surface area contributed by atoms with Gasteiger partial charge in [-0.3, -0.25) is 4.79 Å². The summed E-state index contributed by atoms with van der Waals surface area (Å²) < 4.78 is 10.4. The van der Waals surface area contributed by atoms with Crippen LogP contribution in [0, 0.1) is 0 Å². The van der Waals surface area contributed by atoms with Gasteiger partial charge in [0.2, 0.25) is 0 Å². The minimum Gasteiger partial charge on any atom is -0.497 e. The van der Waals surface area contributed by atoms with Crippen LogP contribution < -0.4 is 14.8 Å². The lowest BCUT2D eigenvalue weighted by molar-refractivity contribution is 0.0926. The maximum Gasteiger partial charge on any atom is 0.179 e. The van der Waals surface area contributed by atoms with Crippen molar-refractivity contribution in [2.24, 2.45) is 0 Å². The maximum atomic E-state index is 12.4. The molecule has 1 aromatic rings. The van der Waals surface area contributed by atoms with E-state index < -0.39 is 0 Å². The normalized spacial score (nSPS) is 19.3. The van der Waals surface area contributed by atoms with Crippen molar-refractivity contribution < 1.29 is 14.3 Å². The third kappa shape index (κ3) is 2.82. The van der Waals surface area contributed by atoms with Crippen LogP contribution >= 0.6 is 0 Å². The molecule has 1 fully saturated rings. The first-order valence-electron chi connectivity index (χ1n) is 6.25. The highest BCUT2D eigenvalue weighted by molar-refractivity contribution is 6.00. The van der Waals surface area contributed by atoms with Crippen molar-refractivity contribution in [1.82, 2.24) is 5.32 Å². The average molecular weight is 249 g/mol. The first-order chi connectivity index (χ1) is 8.74. The molecule has 4 heteroatoms. The van der Waals surface area contributed by atoms with Gasteiger partial charge in [-0.1, -0.05) is 6.42 Å². The monoisotopic (exact) mass is 249 g/mol. The molecule has 0 radical (unpaired) electrons. The van der Waals surface area contributed by atoms with Crippen LogP contribution in [0.5, 0.6) is 11.5 Å². The first-order valence-corrected chi connectivity index (χ1v) is 6.25. The minimum atomic E-state index is -0.0736. The van der Waals surface area contributed by atoms with Gasteiger partial charge in [0.25, 0.3) is 0 Å². The van der Waals surface area contributed by atoms with E-state index >= 15 is 0 Å². The molecule has 1 aromatic carbocycles. The van der Waals surface area contributed by atoms with Crippen molar-refractivity contribution >= 4 is 5.78 Å². The Bertz CT molecular complexity index is 403. The van der Waals surface area contributed by atoms with Gasteiger partial charge in [0, 0.05) is 11.6 Å². The van der Waals surface area contributed by atoms with Crippen LogP contribution in [0.25, 0.3) is 0 Å². The second-order valence-electron chi connectivity index (χ2n) is 4.47. The summed E-state index contributed by atoms with van der Waals surface area (Å²) in [5.41, 5.74) is 0.644. The molecular formula is C14H19NO3. The van der Waals surface area contributed by atoms with Gasteiger partial charge in [0.1, 0.15) is 11.5 Å². The van der Waals surface area contributed by atoms with Gasteiger partial charge in [0.05, 0.1) is 20.3 Å². The molecule has 1 saturated heterocycles. The van der Waals surface area contributed by atoms with E-state index in [1.807, 2.05) is 0 Å². The lowest BCUT2D eigenvalue weighted by atomic mass is 9.96. The second-order valence-corrected chi connectivity index (χ2v) is 4.47. The van der Waals surface area contributed by atoms with E-state index in [1.54, 1.807) is 32.4 Å². The second kappa shape index (κ2) is 5.87. The lowest BCUT2D eigenvalue weighted by Crippen LogP contribution is -2.40. The van der Waals surface area contributed by atoms with Crippen LogP contribution in [0.3, 0.4) is 0 Å². The molecular weight excluding hydrogens is 230 g/mol. The molecule has 4 nitrogen and oxygen atoms in total. The molecule has 1 unspecified atom stereocenters. The third-order valence-corrected chi connectivity index (χ3v) is 3.26. The highest BCUT2D eigenvalue weighted by Gasteiger charge is 2.22. The van der Waals surface area contributed by atoms with Crippen LogP contribution in [0.4, 0.5) is 0 Å². The Hall–Kier alpha value is -1.55. The lowest BCUT2D eigenvalue weighted by Gasteiger charge is -2.22. The van der Waals surface area contributed by atoms with Crippen molar-refractivity contribution in [3.8, 4) is 11.5 Å². The number of ether oxygens (including phenoxy) is 2. The molecule has 1 aliphatic rings. The standard InChI is InChI=1S/C14H19NO3/c1-17-11-7-10(8-12(9-11)18-2)14(16)13-5-3-4-6-15-13/h7-9,13,15H,3-6H2,1-2H3. The van der Waals surface area contributed by atoms with Crippen molar-refractivity contribution in [3.63, 3.8) is 0 Å². The predicted octanol–water partition coefficient (Wildman–Crippen LogP) is 2.03. The van der Waals surface area contributed by atoms with Crippen LogP contribution in [-0.4, -0.2) is 32.6 Å². The zero-order chi connectivity index (χ0) is 13.0. The third-order valence-electron chi connectivity index (χ3n) is 3.26. The number of ketones is 1. The Kier molecular flexibility index (Phi) is 4.20. The van der Waals surface area contributed by atoms with E-state index in [0.717, 1.165) is 25.8 Å². The molecule has 0 saturated carbocycles. The summed E-state index contributed by atoms with van der Waals surface area (Å²) in [5.74, 6) is 1.41. The van der Waals surface area contributed by atoms with E-state index in [9.17, 15) is 4.79 Å². The summed E-state index contributed by atoms with van der Waals surface area (Å²) in [6.45, 7) is 0.914. The number of benzene rings is 1. The van der Waals surface area contributed by atoms with Crippen molar-refractivity contribution in [3.05, 3.63) is 23.8 Å². The Morgan fingerprint density at radius 3 is 2.33 bits per heavy atom. The SMILES string of the molecule is COc1cc(OC)cc(C(=O)C2CCCCN2)c1. The van der Waals surface area contributed by atoms with Crippen molar-refractivity contribution in [2.75, 3.05) is 20.8 Å². The molecule has 0 bridgehead atoms. The minimum absolute atomic E-state index is 0.0736. The molecule has 0 amide bonds. The zero-order valence-electron chi connectivity index (χ0n) is 10.9. The first kappa shape index (κ1) is 12.9. The Balaban J connectivity index is 2.22. The number of piperidine rings is 1. The van der Waals surface area contributed by atoms with Crippen molar-refractivity contribution in [2.45, 2.75) is 25.3 Å². The Morgan fingerprint density at radius 2 is 1.83 bits per heavy atom. The topological polar surface area (TPSA) is 47.6 Å². The smallest absolute Gasteiger partial charge is 0.179 e. The number of rotatable bonds is 4. The quantitative estimate of drug-likeness (QED) is 0.829. The number of hydrogen-bond acceptors (Lipinski definition) is 4. The molecule has 0 aromatic heterocycles. The fourth-order valence-corrected chi connectivity index (χ4v) is 2.23. The summed E-state index contributed by atoms with van der Waals surface area (Å²) in [4.78, 5) is 12.4. The number of hydrogen-bond donors (Lipinski definition) is 1. The molecule has 1 atom stereocenters. The van der Waals surface area contributed by atoms with Gasteiger partial charge >= 0.3 is 0 Å². The fraction of sp³-hybridized carbons (Fsp3) is 0.500. The summed E-state index contributed by atoms with van der Waals surface area (Å²) >= 11 is 0. The van der Waals surface area contributed by atoms with E-state index in [2.05, 4.69) is 5.32 Å². The Labute approximate surface area is 107 Å². The fourth-order valence-electron chi connectivity index (χ4n) is 2.23. The van der Waals surface area contributed by atoms with Crippen LogP contribution in [0.15, 0.2) is 18.2 Å². The van der Waals surface area contributed by atoms with E-state index in [1.165, 1.54) is 0 Å². The number of methoxy groups -OCH3 is 2. The van der Waals surface area contributed by atoms with E-state index in [4.69, 9.17) is 9.47 Å². The molecule has 1 aliphatic heterocycles. The van der Waals surface area contributed by atoms with E-state index in [0.29, 0.717) is 17.1 Å². The van der Waals surface area contributed by atoms with Crippen LogP contribution in [0.1, 0.15) is 29.6 Å².